The van der Waals surface area contributed by atoms with Gasteiger partial charge in [-0.2, -0.15) is 5.10 Å². The number of hydrazone groups is 1. The summed E-state index contributed by atoms with van der Waals surface area (Å²) in [6.07, 6.45) is 1.43. The summed E-state index contributed by atoms with van der Waals surface area (Å²) in [5, 5.41) is 7.70. The Bertz CT molecular complexity index is 1280. The molecule has 1 aliphatic rings. The van der Waals surface area contributed by atoms with Gasteiger partial charge in [0.2, 0.25) is 10.0 Å². The lowest BCUT2D eigenvalue weighted by molar-refractivity contribution is 0.0716. The highest BCUT2D eigenvalue weighted by Crippen LogP contribution is 2.36. The molecule has 0 unspecified atom stereocenters. The van der Waals surface area contributed by atoms with Crippen molar-refractivity contribution >= 4 is 50.3 Å². The molecule has 0 bridgehead atoms. The molecule has 1 aliphatic heterocycles. The number of thiophene rings is 1. The van der Waals surface area contributed by atoms with Crippen LogP contribution in [0.15, 0.2) is 65.1 Å². The first kappa shape index (κ1) is 21.5. The lowest BCUT2D eigenvalue weighted by atomic mass is 9.98. The van der Waals surface area contributed by atoms with E-state index in [1.807, 2.05) is 0 Å². The zero-order valence-corrected chi connectivity index (χ0v) is 18.6. The zero-order valence-electron chi connectivity index (χ0n) is 16.2. The van der Waals surface area contributed by atoms with Gasteiger partial charge >= 0.3 is 0 Å². The molecule has 0 aliphatic carbocycles. The Morgan fingerprint density at radius 2 is 2.03 bits per heavy atom. The smallest absolute Gasteiger partial charge is 0.284 e. The molecular weight excluding hydrogens is 461 g/mol. The van der Waals surface area contributed by atoms with Crippen molar-refractivity contribution in [1.29, 1.82) is 0 Å². The molecule has 2 heterocycles. The third-order valence-electron chi connectivity index (χ3n) is 4.68. The maximum Gasteiger partial charge on any atom is 0.284 e. The monoisotopic (exact) mass is 477 g/mol. The molecular formula is C21H17ClFN3O3S2. The highest BCUT2D eigenvalue weighted by Gasteiger charge is 2.34. The molecule has 0 fully saturated rings. The minimum Gasteiger partial charge on any atom is -0.284 e. The third kappa shape index (κ3) is 4.79. The molecule has 0 radical (unpaired) electrons. The first-order valence-electron chi connectivity index (χ1n) is 9.19. The number of nitrogens with one attached hydrogen (secondary N) is 1. The van der Waals surface area contributed by atoms with Crippen molar-refractivity contribution in [2.24, 2.45) is 5.10 Å². The number of carbonyl (C=O) groups is 1. The Kier molecular flexibility index (Phi) is 5.83. The fourth-order valence-corrected chi connectivity index (χ4v) is 4.74. The normalized spacial score (nSPS) is 16.3. The van der Waals surface area contributed by atoms with Crippen LogP contribution >= 0.6 is 22.9 Å². The summed E-state index contributed by atoms with van der Waals surface area (Å²) in [5.74, 6) is -0.818. The van der Waals surface area contributed by atoms with Crippen molar-refractivity contribution in [1.82, 2.24) is 5.01 Å². The van der Waals surface area contributed by atoms with E-state index in [1.54, 1.807) is 47.8 Å². The SMILES string of the molecule is CS(=O)(=O)Nc1cccc(C2=NN(C(=O)c3cccs3)[C@H](c3ccc(F)c(Cl)c3)C2)c1. The first-order valence-corrected chi connectivity index (χ1v) is 12.3. The largest absolute Gasteiger partial charge is 0.284 e. The molecule has 1 N–H and O–H groups in total. The fraction of sp³-hybridized carbons (Fsp3) is 0.143. The quantitative estimate of drug-likeness (QED) is 0.567. The van der Waals surface area contributed by atoms with Gasteiger partial charge in [-0.05, 0) is 46.8 Å². The summed E-state index contributed by atoms with van der Waals surface area (Å²) in [7, 11) is -3.44. The molecule has 0 spiro atoms. The van der Waals surface area contributed by atoms with Crippen LogP contribution in [0.2, 0.25) is 5.02 Å². The molecule has 2 aromatic carbocycles. The molecule has 0 saturated carbocycles. The average molecular weight is 478 g/mol. The molecule has 0 saturated heterocycles. The van der Waals surface area contributed by atoms with E-state index >= 15 is 0 Å². The number of halogens is 2. The first-order chi connectivity index (χ1) is 14.7. The van der Waals surface area contributed by atoms with Crippen molar-refractivity contribution in [3.63, 3.8) is 0 Å². The van der Waals surface area contributed by atoms with E-state index in [9.17, 15) is 17.6 Å². The molecule has 1 amide bonds. The number of hydrogen-bond acceptors (Lipinski definition) is 5. The molecule has 1 aromatic heterocycles. The second kappa shape index (κ2) is 8.41. The van der Waals surface area contributed by atoms with Gasteiger partial charge in [-0.25, -0.2) is 17.8 Å². The third-order valence-corrected chi connectivity index (χ3v) is 6.43. The maximum atomic E-state index is 13.7. The maximum absolute atomic E-state index is 13.7. The topological polar surface area (TPSA) is 78.8 Å². The summed E-state index contributed by atoms with van der Waals surface area (Å²) in [5.41, 5.74) is 2.33. The van der Waals surface area contributed by atoms with Crippen LogP contribution < -0.4 is 4.72 Å². The predicted octanol–water partition coefficient (Wildman–Crippen LogP) is 4.90. The van der Waals surface area contributed by atoms with Crippen LogP contribution in [0.25, 0.3) is 0 Å². The van der Waals surface area contributed by atoms with Gasteiger partial charge in [0.25, 0.3) is 5.91 Å². The van der Waals surface area contributed by atoms with Gasteiger partial charge in [0.05, 0.1) is 27.9 Å². The summed E-state index contributed by atoms with van der Waals surface area (Å²) < 4.78 is 39.3. The van der Waals surface area contributed by atoms with E-state index in [-0.39, 0.29) is 10.9 Å². The van der Waals surface area contributed by atoms with Crippen LogP contribution in [0, 0.1) is 5.82 Å². The van der Waals surface area contributed by atoms with Crippen LogP contribution in [0.5, 0.6) is 0 Å². The molecule has 160 valence electrons. The highest BCUT2D eigenvalue weighted by molar-refractivity contribution is 7.92. The lowest BCUT2D eigenvalue weighted by Crippen LogP contribution is -2.26. The second-order valence-electron chi connectivity index (χ2n) is 7.02. The molecule has 6 nitrogen and oxygen atoms in total. The van der Waals surface area contributed by atoms with Crippen molar-refractivity contribution in [3.05, 3.63) is 86.8 Å². The number of sulfonamides is 1. The van der Waals surface area contributed by atoms with E-state index in [0.717, 1.165) is 6.26 Å². The minimum atomic E-state index is -3.44. The Labute approximate surface area is 188 Å². The van der Waals surface area contributed by atoms with Crippen molar-refractivity contribution < 1.29 is 17.6 Å². The summed E-state index contributed by atoms with van der Waals surface area (Å²) in [4.78, 5) is 13.6. The van der Waals surface area contributed by atoms with Gasteiger partial charge in [0.15, 0.2) is 0 Å². The van der Waals surface area contributed by atoms with Crippen LogP contribution in [-0.2, 0) is 10.0 Å². The summed E-state index contributed by atoms with van der Waals surface area (Å²) in [6, 6.07) is 14.2. The van der Waals surface area contributed by atoms with Crippen molar-refractivity contribution in [3.8, 4) is 0 Å². The number of hydrogen-bond donors (Lipinski definition) is 1. The number of benzene rings is 2. The number of nitrogens with zero attached hydrogens (tertiary/aromatic N) is 2. The summed E-state index contributed by atoms with van der Waals surface area (Å²) >= 11 is 7.28. The zero-order chi connectivity index (χ0) is 22.2. The van der Waals surface area contributed by atoms with Gasteiger partial charge in [-0.3, -0.25) is 9.52 Å². The lowest BCUT2D eigenvalue weighted by Gasteiger charge is -2.21. The highest BCUT2D eigenvalue weighted by atomic mass is 35.5. The van der Waals surface area contributed by atoms with Crippen LogP contribution in [-0.4, -0.2) is 31.3 Å². The summed E-state index contributed by atoms with van der Waals surface area (Å²) in [6.45, 7) is 0. The van der Waals surface area contributed by atoms with Gasteiger partial charge in [-0.1, -0.05) is 35.9 Å². The van der Waals surface area contributed by atoms with Crippen molar-refractivity contribution in [2.45, 2.75) is 12.5 Å². The molecule has 31 heavy (non-hydrogen) atoms. The Balaban J connectivity index is 1.72. The average Bonchev–Trinajstić information content (AvgIpc) is 3.39. The van der Waals surface area contributed by atoms with Gasteiger partial charge in [-0.15, -0.1) is 11.3 Å². The molecule has 1 atom stereocenters. The van der Waals surface area contributed by atoms with E-state index in [2.05, 4.69) is 9.82 Å². The molecule has 4 rings (SSSR count). The molecule has 3 aromatic rings. The Morgan fingerprint density at radius 1 is 1.23 bits per heavy atom. The Hall–Kier alpha value is -2.75. The van der Waals surface area contributed by atoms with Crippen LogP contribution in [0.1, 0.15) is 33.3 Å². The van der Waals surface area contributed by atoms with Crippen molar-refractivity contribution in [2.75, 3.05) is 11.0 Å². The number of amides is 1. The van der Waals surface area contributed by atoms with E-state index in [1.165, 1.54) is 28.5 Å². The Morgan fingerprint density at radius 3 is 2.71 bits per heavy atom. The van der Waals surface area contributed by atoms with Crippen LogP contribution in [0.4, 0.5) is 10.1 Å². The van der Waals surface area contributed by atoms with Gasteiger partial charge in [0.1, 0.15) is 5.82 Å². The minimum absolute atomic E-state index is 0.0335. The number of rotatable bonds is 5. The van der Waals surface area contributed by atoms with E-state index in [0.29, 0.717) is 33.8 Å². The second-order valence-corrected chi connectivity index (χ2v) is 10.1. The van der Waals surface area contributed by atoms with Crippen LogP contribution in [0.3, 0.4) is 0 Å². The standard InChI is InChI=1S/C21H17ClFN3O3S2/c1-31(28,29)25-15-5-2-4-13(10-15)18-12-19(14-7-8-17(23)16(22)11-14)26(24-18)21(27)20-6-3-9-30-20/h2-11,19,25H,12H2,1H3/t19-/m0/s1. The number of carbonyl (C=O) groups excluding carboxylic acids is 1. The molecule has 10 heteroatoms. The fourth-order valence-electron chi connectivity index (χ4n) is 3.34. The van der Waals surface area contributed by atoms with E-state index in [4.69, 9.17) is 11.6 Å². The number of anilines is 1. The van der Waals surface area contributed by atoms with E-state index < -0.39 is 21.9 Å². The predicted molar refractivity (Wildman–Crippen MR) is 121 cm³/mol. The van der Waals surface area contributed by atoms with Gasteiger partial charge < -0.3 is 0 Å². The van der Waals surface area contributed by atoms with Gasteiger partial charge in [0, 0.05) is 12.1 Å².